The zero-order chi connectivity index (χ0) is 36.5. The van der Waals surface area contributed by atoms with E-state index in [1.54, 1.807) is 4.90 Å². The van der Waals surface area contributed by atoms with Gasteiger partial charge in [0.15, 0.2) is 0 Å². The lowest BCUT2D eigenvalue weighted by atomic mass is 9.99. The number of nitrogens with one attached hydrogen (secondary N) is 3. The number of hydrogen-bond donors (Lipinski definition) is 5. The molecule has 1 saturated carbocycles. The molecule has 2 aromatic carbocycles. The first-order valence-corrected chi connectivity index (χ1v) is 19.3. The van der Waals surface area contributed by atoms with Crippen molar-refractivity contribution in [3.8, 4) is 0 Å². The molecule has 13 nitrogen and oxygen atoms in total. The van der Waals surface area contributed by atoms with Gasteiger partial charge < -0.3 is 32.3 Å². The molecule has 1 unspecified atom stereocenters. The maximum atomic E-state index is 14.1. The molecule has 0 aromatic heterocycles. The van der Waals surface area contributed by atoms with Gasteiger partial charge in [0.2, 0.25) is 33.7 Å². The molecule has 14 heteroatoms. The van der Waals surface area contributed by atoms with Crippen molar-refractivity contribution < 1.29 is 27.6 Å². The third-order valence-electron chi connectivity index (χ3n) is 9.48. The molecular weight excluding hydrogens is 659 g/mol. The van der Waals surface area contributed by atoms with Gasteiger partial charge in [-0.25, -0.2) is 8.42 Å². The van der Waals surface area contributed by atoms with Gasteiger partial charge in [0.05, 0.1) is 12.3 Å². The topological polar surface area (TPSA) is 197 Å². The molecule has 7 N–H and O–H groups in total. The summed E-state index contributed by atoms with van der Waals surface area (Å²) in [4.78, 5) is 56.9. The van der Waals surface area contributed by atoms with Crippen molar-refractivity contribution in [1.29, 1.82) is 0 Å². The summed E-state index contributed by atoms with van der Waals surface area (Å²) in [6.07, 6.45) is 3.65. The highest BCUT2D eigenvalue weighted by Crippen LogP contribution is 2.48. The molecule has 1 heterocycles. The van der Waals surface area contributed by atoms with Crippen LogP contribution in [-0.4, -0.2) is 104 Å². The smallest absolute Gasteiger partial charge is 0.248 e. The Morgan fingerprint density at radius 3 is 1.94 bits per heavy atom. The lowest BCUT2D eigenvalue weighted by Crippen LogP contribution is -2.61. The molecule has 5 atom stereocenters. The van der Waals surface area contributed by atoms with Crippen LogP contribution in [0.25, 0.3) is 0 Å². The van der Waals surface area contributed by atoms with Gasteiger partial charge in [-0.2, -0.15) is 4.31 Å². The van der Waals surface area contributed by atoms with E-state index in [2.05, 4.69) is 16.0 Å². The van der Waals surface area contributed by atoms with Crippen molar-refractivity contribution in [1.82, 2.24) is 25.2 Å². The Balaban J connectivity index is 1.50. The molecule has 0 radical (unpaired) electrons. The summed E-state index contributed by atoms with van der Waals surface area (Å²) >= 11 is 0. The van der Waals surface area contributed by atoms with Crippen LogP contribution in [0, 0.1) is 11.8 Å². The molecule has 50 heavy (non-hydrogen) atoms. The molecule has 0 bridgehead atoms. The van der Waals surface area contributed by atoms with Crippen LogP contribution in [0.15, 0.2) is 60.7 Å². The van der Waals surface area contributed by atoms with E-state index >= 15 is 0 Å². The average molecular weight is 712 g/mol. The van der Waals surface area contributed by atoms with Crippen LogP contribution in [0.3, 0.4) is 0 Å². The van der Waals surface area contributed by atoms with Crippen LogP contribution in [0.1, 0.15) is 50.7 Å². The molecule has 2 fully saturated rings. The quantitative estimate of drug-likeness (QED) is 0.157. The van der Waals surface area contributed by atoms with Crippen LogP contribution in [0.5, 0.6) is 0 Å². The Morgan fingerprint density at radius 2 is 1.40 bits per heavy atom. The third-order valence-corrected chi connectivity index (χ3v) is 10.8. The minimum Gasteiger partial charge on any atom is -0.343 e. The van der Waals surface area contributed by atoms with Gasteiger partial charge in [-0.3, -0.25) is 19.2 Å². The van der Waals surface area contributed by atoms with E-state index in [1.807, 2.05) is 74.5 Å². The maximum absolute atomic E-state index is 14.1. The summed E-state index contributed by atoms with van der Waals surface area (Å²) in [5, 5.41) is 8.73. The third kappa shape index (κ3) is 10.6. The van der Waals surface area contributed by atoms with Gasteiger partial charge in [0, 0.05) is 32.6 Å². The standard InChI is InChI=1S/C36H53N7O6S/c1-25(2)21-30(34(46)41-36(24-28(36)15-10-16-37)35(47)42-17-19-43(20-18-42)50(3,48)49)40-33(45)31(23-27-13-8-5-9-14-27)39-32(44)29(38)22-26-11-6-4-7-12-26/h4-9,11-14,25,28-31H,10,15-24,37-38H2,1-3H3,(H,39,44)(H,40,45)(H,41,46)/t28-,29+,30+,31+,36?/m0/s1. The van der Waals surface area contributed by atoms with Crippen molar-refractivity contribution in [2.75, 3.05) is 39.0 Å². The summed E-state index contributed by atoms with van der Waals surface area (Å²) in [5.74, 6) is -1.90. The van der Waals surface area contributed by atoms with E-state index in [1.165, 1.54) is 4.31 Å². The molecule has 4 rings (SSSR count). The van der Waals surface area contributed by atoms with Crippen molar-refractivity contribution in [3.05, 3.63) is 71.8 Å². The van der Waals surface area contributed by atoms with Gasteiger partial charge >= 0.3 is 0 Å². The van der Waals surface area contributed by atoms with E-state index in [4.69, 9.17) is 11.5 Å². The number of sulfonamides is 1. The lowest BCUT2D eigenvalue weighted by molar-refractivity contribution is -0.140. The first kappa shape index (κ1) is 38.9. The zero-order valence-electron chi connectivity index (χ0n) is 29.3. The average Bonchev–Trinajstić information content (AvgIpc) is 3.79. The number of piperazine rings is 1. The number of rotatable bonds is 17. The minimum atomic E-state index is -3.39. The Labute approximate surface area is 295 Å². The van der Waals surface area contributed by atoms with E-state index < -0.39 is 51.4 Å². The fourth-order valence-corrected chi connectivity index (χ4v) is 7.42. The van der Waals surface area contributed by atoms with Crippen molar-refractivity contribution in [2.45, 2.75) is 76.0 Å². The van der Waals surface area contributed by atoms with Crippen LogP contribution in [-0.2, 0) is 42.0 Å². The molecule has 1 aliphatic carbocycles. The predicted molar refractivity (Wildman–Crippen MR) is 192 cm³/mol. The molecule has 1 saturated heterocycles. The Kier molecular flexibility index (Phi) is 13.5. The van der Waals surface area contributed by atoms with Gasteiger partial charge in [0.25, 0.3) is 0 Å². The van der Waals surface area contributed by atoms with E-state index in [0.29, 0.717) is 32.2 Å². The van der Waals surface area contributed by atoms with E-state index in [9.17, 15) is 27.6 Å². The first-order chi connectivity index (χ1) is 23.7. The van der Waals surface area contributed by atoms with Crippen LogP contribution in [0.2, 0.25) is 0 Å². The largest absolute Gasteiger partial charge is 0.343 e. The highest BCUT2D eigenvalue weighted by molar-refractivity contribution is 7.88. The lowest BCUT2D eigenvalue weighted by Gasteiger charge is -2.36. The molecule has 2 aromatic rings. The van der Waals surface area contributed by atoms with Gasteiger partial charge in [0.1, 0.15) is 17.6 Å². The van der Waals surface area contributed by atoms with Gasteiger partial charge in [-0.05, 0) is 61.6 Å². The van der Waals surface area contributed by atoms with E-state index in [-0.39, 0.29) is 56.8 Å². The number of nitrogens with zero attached hydrogens (tertiary/aromatic N) is 2. The predicted octanol–water partition coefficient (Wildman–Crippen LogP) is 0.532. The molecular formula is C36H53N7O6S. The molecule has 274 valence electrons. The summed E-state index contributed by atoms with van der Waals surface area (Å²) in [6, 6.07) is 15.7. The number of nitrogens with two attached hydrogens (primary N) is 2. The maximum Gasteiger partial charge on any atom is 0.248 e. The second-order valence-corrected chi connectivity index (χ2v) is 16.0. The zero-order valence-corrected chi connectivity index (χ0v) is 30.2. The SMILES string of the molecule is CC(C)C[C@@H](NC(=O)[C@@H](Cc1ccccc1)NC(=O)[C@H](N)Cc1ccccc1)C(=O)NC1(C(=O)N2CCN(S(C)(=O)=O)CC2)C[C@@H]1CCCN. The fraction of sp³-hybridized carbons (Fsp3) is 0.556. The number of amides is 4. The van der Waals surface area contributed by atoms with Crippen LogP contribution < -0.4 is 27.4 Å². The minimum absolute atomic E-state index is 0.00970. The monoisotopic (exact) mass is 711 g/mol. The Hall–Kier alpha value is -3.85. The highest BCUT2D eigenvalue weighted by atomic mass is 32.2. The first-order valence-electron chi connectivity index (χ1n) is 17.4. The Morgan fingerprint density at radius 1 is 0.840 bits per heavy atom. The number of carbonyl (C=O) groups excluding carboxylic acids is 4. The summed E-state index contributed by atoms with van der Waals surface area (Å²) in [5.41, 5.74) is 12.6. The number of hydrogen-bond acceptors (Lipinski definition) is 8. The van der Waals surface area contributed by atoms with E-state index in [0.717, 1.165) is 17.4 Å². The number of carbonyl (C=O) groups is 4. The fourth-order valence-electron chi connectivity index (χ4n) is 6.60. The van der Waals surface area contributed by atoms with Crippen molar-refractivity contribution in [2.24, 2.45) is 23.3 Å². The Bertz CT molecular complexity index is 1570. The van der Waals surface area contributed by atoms with Crippen LogP contribution in [0.4, 0.5) is 0 Å². The second kappa shape index (κ2) is 17.4. The summed E-state index contributed by atoms with van der Waals surface area (Å²) in [6.45, 7) is 5.09. The van der Waals surface area contributed by atoms with Gasteiger partial charge in [-0.1, -0.05) is 74.5 Å². The second-order valence-electron chi connectivity index (χ2n) is 14.0. The number of benzene rings is 2. The van der Waals surface area contributed by atoms with Crippen molar-refractivity contribution in [3.63, 3.8) is 0 Å². The van der Waals surface area contributed by atoms with Crippen molar-refractivity contribution >= 4 is 33.7 Å². The molecule has 2 aliphatic rings. The molecule has 0 spiro atoms. The normalized spacial score (nSPS) is 21.2. The van der Waals surface area contributed by atoms with Crippen LogP contribution >= 0.6 is 0 Å². The van der Waals surface area contributed by atoms with Gasteiger partial charge in [-0.15, -0.1) is 0 Å². The molecule has 1 aliphatic heterocycles. The summed E-state index contributed by atoms with van der Waals surface area (Å²) in [7, 11) is -3.39. The summed E-state index contributed by atoms with van der Waals surface area (Å²) < 4.78 is 25.4. The molecule has 4 amide bonds. The highest BCUT2D eigenvalue weighted by Gasteiger charge is 2.62.